The molecule has 8 heteroatoms. The van der Waals surface area contributed by atoms with Crippen LogP contribution < -0.4 is 0 Å². The number of carbonyl (C=O) groups is 2. The highest BCUT2D eigenvalue weighted by atomic mass is 32.2. The summed E-state index contributed by atoms with van der Waals surface area (Å²) in [6.45, 7) is 0.313. The number of thioether (sulfide) groups is 1. The van der Waals surface area contributed by atoms with Gasteiger partial charge in [-0.3, -0.25) is 9.20 Å². The number of aliphatic carboxylic acids is 1. The van der Waals surface area contributed by atoms with E-state index in [1.54, 1.807) is 4.40 Å². The summed E-state index contributed by atoms with van der Waals surface area (Å²) in [5.41, 5.74) is 2.69. The number of benzene rings is 1. The smallest absolute Gasteiger partial charge is 0.326 e. The average molecular weight is 368 g/mol. The molecule has 0 fully saturated rings. The lowest BCUT2D eigenvalue weighted by Crippen LogP contribution is -2.49. The van der Waals surface area contributed by atoms with Crippen molar-refractivity contribution in [2.45, 2.75) is 24.2 Å². The number of fused-ring (bicyclic) bond motifs is 2. The maximum atomic E-state index is 12.7. The zero-order valence-corrected chi connectivity index (χ0v) is 14.6. The van der Waals surface area contributed by atoms with Gasteiger partial charge in [-0.25, -0.2) is 4.79 Å². The van der Waals surface area contributed by atoms with Gasteiger partial charge in [0, 0.05) is 19.2 Å². The zero-order valence-electron chi connectivity index (χ0n) is 13.8. The number of nitrogens with zero attached hydrogens (tertiary/aromatic N) is 4. The summed E-state index contributed by atoms with van der Waals surface area (Å²) in [6.07, 6.45) is 2.16. The molecule has 1 atom stereocenters. The SMILES string of the molecule is O=C(O)[C@@H]1Cc2ccccc2CN1C(=O)CSc1nnc2ccccn12. The van der Waals surface area contributed by atoms with Crippen molar-refractivity contribution in [3.63, 3.8) is 0 Å². The van der Waals surface area contributed by atoms with Gasteiger partial charge in [-0.2, -0.15) is 0 Å². The van der Waals surface area contributed by atoms with Crippen molar-refractivity contribution in [1.29, 1.82) is 0 Å². The van der Waals surface area contributed by atoms with Crippen molar-refractivity contribution < 1.29 is 14.7 Å². The van der Waals surface area contributed by atoms with Gasteiger partial charge >= 0.3 is 5.97 Å². The topological polar surface area (TPSA) is 87.8 Å². The Morgan fingerprint density at radius 3 is 2.69 bits per heavy atom. The van der Waals surface area contributed by atoms with E-state index in [1.165, 1.54) is 16.7 Å². The number of hydrogen-bond acceptors (Lipinski definition) is 5. The lowest BCUT2D eigenvalue weighted by Gasteiger charge is -2.34. The number of carboxylic acids is 1. The predicted molar refractivity (Wildman–Crippen MR) is 95.8 cm³/mol. The molecule has 0 spiro atoms. The van der Waals surface area contributed by atoms with Gasteiger partial charge in [-0.1, -0.05) is 42.1 Å². The summed E-state index contributed by atoms with van der Waals surface area (Å²) in [6, 6.07) is 12.4. The van der Waals surface area contributed by atoms with E-state index in [9.17, 15) is 14.7 Å². The van der Waals surface area contributed by atoms with Crippen LogP contribution in [0.4, 0.5) is 0 Å². The fourth-order valence-electron chi connectivity index (χ4n) is 3.13. The third-order valence-corrected chi connectivity index (χ3v) is 5.39. The quantitative estimate of drug-likeness (QED) is 0.707. The Labute approximate surface area is 153 Å². The molecule has 0 radical (unpaired) electrons. The number of hydrogen-bond donors (Lipinski definition) is 1. The molecule has 1 aromatic carbocycles. The molecule has 3 aromatic rings. The van der Waals surface area contributed by atoms with Crippen molar-refractivity contribution in [2.75, 3.05) is 5.75 Å². The van der Waals surface area contributed by atoms with Crippen LogP contribution in [-0.4, -0.2) is 48.3 Å². The van der Waals surface area contributed by atoms with Gasteiger partial charge in [0.15, 0.2) is 10.8 Å². The van der Waals surface area contributed by atoms with E-state index < -0.39 is 12.0 Å². The molecular weight excluding hydrogens is 352 g/mol. The minimum absolute atomic E-state index is 0.113. The van der Waals surface area contributed by atoms with Gasteiger partial charge in [0.2, 0.25) is 5.91 Å². The van der Waals surface area contributed by atoms with Crippen LogP contribution in [0.3, 0.4) is 0 Å². The van der Waals surface area contributed by atoms with Crippen molar-refractivity contribution in [1.82, 2.24) is 19.5 Å². The maximum Gasteiger partial charge on any atom is 0.326 e. The first-order chi connectivity index (χ1) is 12.6. The Kier molecular flexibility index (Phi) is 4.34. The summed E-state index contributed by atoms with van der Waals surface area (Å²) in [5.74, 6) is -1.09. The highest BCUT2D eigenvalue weighted by Crippen LogP contribution is 2.25. The fraction of sp³-hybridized carbons (Fsp3) is 0.222. The average Bonchev–Trinajstić information content (AvgIpc) is 3.08. The Balaban J connectivity index is 1.52. The predicted octanol–water partition coefficient (Wildman–Crippen LogP) is 1.86. The molecule has 1 aliphatic heterocycles. The van der Waals surface area contributed by atoms with Gasteiger partial charge in [0.05, 0.1) is 5.75 Å². The summed E-state index contributed by atoms with van der Waals surface area (Å²) >= 11 is 1.26. The number of rotatable bonds is 4. The highest BCUT2D eigenvalue weighted by Gasteiger charge is 2.34. The van der Waals surface area contributed by atoms with E-state index >= 15 is 0 Å². The summed E-state index contributed by atoms with van der Waals surface area (Å²) in [5, 5.41) is 18.3. The molecule has 1 aliphatic rings. The molecule has 1 N–H and O–H groups in total. The third-order valence-electron chi connectivity index (χ3n) is 4.46. The fourth-order valence-corrected chi connectivity index (χ4v) is 3.94. The van der Waals surface area contributed by atoms with E-state index in [0.717, 1.165) is 11.1 Å². The van der Waals surface area contributed by atoms with E-state index in [-0.39, 0.29) is 11.7 Å². The third kappa shape index (κ3) is 3.03. The molecule has 132 valence electrons. The lowest BCUT2D eigenvalue weighted by atomic mass is 9.94. The second-order valence-corrected chi connectivity index (χ2v) is 6.99. The van der Waals surface area contributed by atoms with Crippen molar-refractivity contribution in [2.24, 2.45) is 0 Å². The van der Waals surface area contributed by atoms with E-state index in [2.05, 4.69) is 10.2 Å². The molecule has 0 aliphatic carbocycles. The summed E-state index contributed by atoms with van der Waals surface area (Å²) in [7, 11) is 0. The van der Waals surface area contributed by atoms with Crippen LogP contribution in [0.1, 0.15) is 11.1 Å². The van der Waals surface area contributed by atoms with Crippen LogP contribution in [-0.2, 0) is 22.6 Å². The highest BCUT2D eigenvalue weighted by molar-refractivity contribution is 7.99. The molecule has 26 heavy (non-hydrogen) atoms. The molecular formula is C18H16N4O3S. The standard InChI is InChI=1S/C18H16N4O3S/c23-16(11-26-18-20-19-15-7-3-4-8-21(15)18)22-10-13-6-2-1-5-12(13)9-14(22)17(24)25/h1-8,14H,9-11H2,(H,24,25)/t14-/m0/s1. The van der Waals surface area contributed by atoms with E-state index in [0.29, 0.717) is 23.8 Å². The van der Waals surface area contributed by atoms with Crippen molar-refractivity contribution >= 4 is 29.3 Å². The largest absolute Gasteiger partial charge is 0.480 e. The second kappa shape index (κ2) is 6.80. The summed E-state index contributed by atoms with van der Waals surface area (Å²) < 4.78 is 1.80. The monoisotopic (exact) mass is 368 g/mol. The normalized spacial score (nSPS) is 16.5. The first-order valence-corrected chi connectivity index (χ1v) is 9.13. The zero-order chi connectivity index (χ0) is 18.1. The Hall–Kier alpha value is -2.87. The molecule has 2 aromatic heterocycles. The molecule has 0 saturated heterocycles. The summed E-state index contributed by atoms with van der Waals surface area (Å²) in [4.78, 5) is 25.8. The first kappa shape index (κ1) is 16.6. The van der Waals surface area contributed by atoms with Crippen molar-refractivity contribution in [3.8, 4) is 0 Å². The Morgan fingerprint density at radius 1 is 1.12 bits per heavy atom. The van der Waals surface area contributed by atoms with Crippen molar-refractivity contribution in [3.05, 3.63) is 59.8 Å². The van der Waals surface area contributed by atoms with Gasteiger partial charge in [0.1, 0.15) is 6.04 Å². The van der Waals surface area contributed by atoms with Gasteiger partial charge in [-0.05, 0) is 23.3 Å². The lowest BCUT2D eigenvalue weighted by molar-refractivity contribution is -0.150. The first-order valence-electron chi connectivity index (χ1n) is 8.15. The van der Waals surface area contributed by atoms with Gasteiger partial charge < -0.3 is 10.0 Å². The molecule has 0 unspecified atom stereocenters. The number of carboxylic acid groups (broad SMARTS) is 1. The van der Waals surface area contributed by atoms with Gasteiger partial charge in [0.25, 0.3) is 0 Å². The van der Waals surface area contributed by atoms with Crippen LogP contribution in [0.15, 0.2) is 53.8 Å². The molecule has 0 bridgehead atoms. The molecule has 1 amide bonds. The minimum atomic E-state index is -0.981. The minimum Gasteiger partial charge on any atom is -0.480 e. The van der Waals surface area contributed by atoms with Crippen LogP contribution in [0.25, 0.3) is 5.65 Å². The molecule has 7 nitrogen and oxygen atoms in total. The van der Waals surface area contributed by atoms with E-state index in [1.807, 2.05) is 48.7 Å². The van der Waals surface area contributed by atoms with E-state index in [4.69, 9.17) is 0 Å². The Morgan fingerprint density at radius 2 is 1.88 bits per heavy atom. The van der Waals surface area contributed by atoms with Crippen LogP contribution in [0.5, 0.6) is 0 Å². The number of pyridine rings is 1. The maximum absolute atomic E-state index is 12.7. The number of amides is 1. The number of carbonyl (C=O) groups excluding carboxylic acids is 1. The van der Waals surface area contributed by atoms with Gasteiger partial charge in [-0.15, -0.1) is 10.2 Å². The number of aromatic nitrogens is 3. The molecule has 0 saturated carbocycles. The van der Waals surface area contributed by atoms with Crippen LogP contribution in [0, 0.1) is 0 Å². The Bertz CT molecular complexity index is 987. The second-order valence-electron chi connectivity index (χ2n) is 6.05. The molecule has 3 heterocycles. The van der Waals surface area contributed by atoms with Crippen LogP contribution in [0.2, 0.25) is 0 Å². The van der Waals surface area contributed by atoms with Crippen LogP contribution >= 0.6 is 11.8 Å². The molecule has 4 rings (SSSR count).